The molecule has 1 fully saturated rings. The Kier molecular flexibility index (Phi) is 9.14. The molecule has 1 aromatic heterocycles. The number of hydrogen-bond donors (Lipinski definition) is 2. The fourth-order valence-corrected chi connectivity index (χ4v) is 6.69. The molecule has 2 amide bonds. The first kappa shape index (κ1) is 32.3. The third-order valence-electron chi connectivity index (χ3n) is 9.38. The second-order valence-electron chi connectivity index (χ2n) is 14.7. The largest absolute Gasteiger partial charge is 0.497 e. The van der Waals surface area contributed by atoms with Crippen LogP contribution in [0.15, 0.2) is 53.5 Å². The number of ether oxygens (including phenoxy) is 1. The summed E-state index contributed by atoms with van der Waals surface area (Å²) in [4.78, 5) is 35.0. The summed E-state index contributed by atoms with van der Waals surface area (Å²) in [5.41, 5.74) is 2.45. The first-order valence-electron chi connectivity index (χ1n) is 16.0. The number of aliphatic imine (C=N–C) groups is 1. The summed E-state index contributed by atoms with van der Waals surface area (Å²) < 4.78 is 5.50. The predicted molar refractivity (Wildman–Crippen MR) is 174 cm³/mol. The highest BCUT2D eigenvalue weighted by molar-refractivity contribution is 6.46. The summed E-state index contributed by atoms with van der Waals surface area (Å²) >= 11 is 0. The van der Waals surface area contributed by atoms with Crippen LogP contribution in [0, 0.1) is 16.7 Å². The second kappa shape index (κ2) is 12.7. The zero-order valence-electron chi connectivity index (χ0n) is 27.7. The second-order valence-corrected chi connectivity index (χ2v) is 14.7. The quantitative estimate of drug-likeness (QED) is 0.293. The van der Waals surface area contributed by atoms with E-state index in [1.807, 2.05) is 48.5 Å². The molecule has 10 nitrogen and oxygen atoms in total. The fraction of sp³-hybridized carbons (Fsp3) is 0.543. The maximum Gasteiger partial charge on any atom is 0.275 e. The van der Waals surface area contributed by atoms with Crippen LogP contribution >= 0.6 is 0 Å². The minimum absolute atomic E-state index is 0.0432. The normalized spacial score (nSPS) is 21.1. The van der Waals surface area contributed by atoms with E-state index in [1.54, 1.807) is 7.11 Å². The van der Waals surface area contributed by atoms with Crippen LogP contribution in [0.2, 0.25) is 0 Å². The molecule has 2 aliphatic rings. The van der Waals surface area contributed by atoms with Gasteiger partial charge in [-0.15, -0.1) is 10.2 Å². The lowest BCUT2D eigenvalue weighted by Gasteiger charge is -2.47. The minimum Gasteiger partial charge on any atom is -0.497 e. The number of nitrogens with one attached hydrogen (secondary N) is 2. The van der Waals surface area contributed by atoms with E-state index in [9.17, 15) is 9.59 Å². The molecule has 0 unspecified atom stereocenters. The van der Waals surface area contributed by atoms with E-state index in [0.29, 0.717) is 28.8 Å². The van der Waals surface area contributed by atoms with Crippen molar-refractivity contribution in [1.82, 2.24) is 30.8 Å². The highest BCUT2D eigenvalue weighted by Gasteiger charge is 2.52. The molecule has 1 aliphatic carbocycles. The zero-order valence-corrected chi connectivity index (χ0v) is 27.7. The molecular weight excluding hydrogens is 566 g/mol. The van der Waals surface area contributed by atoms with Crippen molar-refractivity contribution >= 4 is 17.5 Å². The Bertz CT molecular complexity index is 1510. The molecule has 1 aliphatic heterocycles. The smallest absolute Gasteiger partial charge is 0.275 e. The van der Waals surface area contributed by atoms with E-state index < -0.39 is 5.66 Å². The average Bonchev–Trinajstić information content (AvgIpc) is 3.62. The lowest BCUT2D eigenvalue weighted by Crippen LogP contribution is -2.51. The van der Waals surface area contributed by atoms with E-state index in [4.69, 9.17) is 9.73 Å². The first-order chi connectivity index (χ1) is 21.3. The van der Waals surface area contributed by atoms with Crippen molar-refractivity contribution in [1.29, 1.82) is 0 Å². The molecule has 240 valence electrons. The summed E-state index contributed by atoms with van der Waals surface area (Å²) in [7, 11) is 1.64. The maximum absolute atomic E-state index is 14.6. The van der Waals surface area contributed by atoms with Gasteiger partial charge in [0.2, 0.25) is 0 Å². The van der Waals surface area contributed by atoms with Crippen LogP contribution in [0.5, 0.6) is 5.75 Å². The van der Waals surface area contributed by atoms with Gasteiger partial charge in [-0.2, -0.15) is 5.21 Å². The molecule has 1 atom stereocenters. The number of carbonyl (C=O) groups excluding carboxylic acids is 2. The van der Waals surface area contributed by atoms with Crippen molar-refractivity contribution in [2.75, 3.05) is 7.11 Å². The number of rotatable bonds is 9. The van der Waals surface area contributed by atoms with E-state index in [0.717, 1.165) is 49.7 Å². The van der Waals surface area contributed by atoms with Gasteiger partial charge in [0.05, 0.1) is 19.7 Å². The Morgan fingerprint density at radius 2 is 1.80 bits per heavy atom. The van der Waals surface area contributed by atoms with Crippen molar-refractivity contribution in [3.8, 4) is 5.75 Å². The fourth-order valence-electron chi connectivity index (χ4n) is 6.69. The van der Waals surface area contributed by atoms with Crippen LogP contribution in [-0.4, -0.2) is 55.8 Å². The number of aromatic nitrogens is 4. The zero-order chi connectivity index (χ0) is 32.4. The topological polar surface area (TPSA) is 125 Å². The average molecular weight is 614 g/mol. The third kappa shape index (κ3) is 7.26. The van der Waals surface area contributed by atoms with Gasteiger partial charge in [-0.3, -0.25) is 14.6 Å². The molecule has 3 aromatic rings. The van der Waals surface area contributed by atoms with Crippen LogP contribution < -0.4 is 10.1 Å². The van der Waals surface area contributed by atoms with Crippen LogP contribution in [0.4, 0.5) is 0 Å². The summed E-state index contributed by atoms with van der Waals surface area (Å²) in [6.45, 7) is 13.8. The Labute approximate surface area is 266 Å². The molecule has 0 radical (unpaired) electrons. The third-order valence-corrected chi connectivity index (χ3v) is 9.38. The monoisotopic (exact) mass is 613 g/mol. The molecule has 2 aromatic carbocycles. The Morgan fingerprint density at radius 3 is 2.40 bits per heavy atom. The number of nitrogens with zero attached hydrogens (tertiary/aromatic N) is 5. The van der Waals surface area contributed by atoms with Crippen LogP contribution in [0.3, 0.4) is 0 Å². The number of carbonyl (C=O) groups is 2. The number of aromatic amines is 1. The van der Waals surface area contributed by atoms with E-state index >= 15 is 0 Å². The maximum atomic E-state index is 14.6. The number of H-pyrrole nitrogens is 1. The van der Waals surface area contributed by atoms with Crippen LogP contribution in [-0.2, 0) is 11.3 Å². The van der Waals surface area contributed by atoms with E-state index in [2.05, 4.69) is 72.4 Å². The highest BCUT2D eigenvalue weighted by Crippen LogP contribution is 2.50. The lowest BCUT2D eigenvalue weighted by molar-refractivity contribution is -0.134. The van der Waals surface area contributed by atoms with Gasteiger partial charge in [0, 0.05) is 11.1 Å². The van der Waals surface area contributed by atoms with Crippen molar-refractivity contribution in [3.63, 3.8) is 0 Å². The van der Waals surface area contributed by atoms with Gasteiger partial charge in [0.25, 0.3) is 11.8 Å². The minimum atomic E-state index is -0.625. The van der Waals surface area contributed by atoms with Gasteiger partial charge < -0.3 is 15.0 Å². The number of methoxy groups -OCH3 is 1. The van der Waals surface area contributed by atoms with Gasteiger partial charge in [-0.05, 0) is 85.1 Å². The number of amides is 2. The van der Waals surface area contributed by atoms with Gasteiger partial charge in [0.1, 0.15) is 17.1 Å². The molecule has 10 heteroatoms. The summed E-state index contributed by atoms with van der Waals surface area (Å²) in [6, 6.07) is 15.1. The Balaban J connectivity index is 1.50. The molecule has 1 saturated carbocycles. The molecule has 0 saturated heterocycles. The summed E-state index contributed by atoms with van der Waals surface area (Å²) in [5.74, 6) is 1.40. The standard InChI is InChI=1S/C35H47N7O3/c1-33(2,3)18-17-28(23-11-13-24(14-12-23)31(43)36-22-29-38-40-41-39-29)42-32(44)30(25-9-8-10-27(21-25)45-7)37-35(42)19-15-26(16-20-35)34(4,5)6/h8-14,21,26,28H,15-20,22H2,1-7H3,(H,36,43)(H,38,39,40,41)/t26?,28-,35?/m1/s1. The van der Waals surface area contributed by atoms with E-state index in [-0.39, 0.29) is 35.2 Å². The molecule has 0 bridgehead atoms. The van der Waals surface area contributed by atoms with Crippen molar-refractivity contribution in [2.24, 2.45) is 21.7 Å². The van der Waals surface area contributed by atoms with Gasteiger partial charge in [0.15, 0.2) is 5.82 Å². The van der Waals surface area contributed by atoms with Crippen LogP contribution in [0.1, 0.15) is 113 Å². The van der Waals surface area contributed by atoms with Gasteiger partial charge in [-0.25, -0.2) is 0 Å². The van der Waals surface area contributed by atoms with Crippen molar-refractivity contribution in [2.45, 2.75) is 98.3 Å². The predicted octanol–water partition coefficient (Wildman–Crippen LogP) is 6.27. The number of hydrogen-bond acceptors (Lipinski definition) is 7. The van der Waals surface area contributed by atoms with Gasteiger partial charge in [-0.1, -0.05) is 71.0 Å². The summed E-state index contributed by atoms with van der Waals surface area (Å²) in [5, 5.41) is 16.5. The Morgan fingerprint density at radius 1 is 1.09 bits per heavy atom. The molecule has 1 spiro atoms. The van der Waals surface area contributed by atoms with E-state index in [1.165, 1.54) is 0 Å². The number of benzene rings is 2. The van der Waals surface area contributed by atoms with Crippen LogP contribution in [0.25, 0.3) is 0 Å². The first-order valence-corrected chi connectivity index (χ1v) is 16.0. The Hall–Kier alpha value is -4.08. The van der Waals surface area contributed by atoms with Crippen molar-refractivity contribution < 1.29 is 14.3 Å². The van der Waals surface area contributed by atoms with Gasteiger partial charge >= 0.3 is 0 Å². The highest BCUT2D eigenvalue weighted by atomic mass is 16.5. The number of tetrazole rings is 1. The van der Waals surface area contributed by atoms with Crippen molar-refractivity contribution in [3.05, 3.63) is 71.0 Å². The molecule has 2 heterocycles. The summed E-state index contributed by atoms with van der Waals surface area (Å²) in [6.07, 6.45) is 5.35. The molecule has 45 heavy (non-hydrogen) atoms. The molecule has 2 N–H and O–H groups in total. The SMILES string of the molecule is COc1cccc(C2=NC3(CCC(C(C)(C)C)CC3)N([C@H](CCC(C)(C)C)c3ccc(C(=O)NCc4nn[nH]n4)cc3)C2=O)c1. The molecular formula is C35H47N7O3. The molecule has 5 rings (SSSR count). The lowest BCUT2D eigenvalue weighted by atomic mass is 9.69.